The van der Waals surface area contributed by atoms with Crippen molar-refractivity contribution < 1.29 is 9.47 Å². The summed E-state index contributed by atoms with van der Waals surface area (Å²) in [7, 11) is 0. The minimum absolute atomic E-state index is 0.365. The number of hydrogen-bond acceptors (Lipinski definition) is 3. The van der Waals surface area contributed by atoms with E-state index in [9.17, 15) is 0 Å². The van der Waals surface area contributed by atoms with E-state index in [1.54, 1.807) is 18.2 Å². The van der Waals surface area contributed by atoms with E-state index in [1.807, 2.05) is 31.2 Å². The first-order chi connectivity index (χ1) is 9.69. The van der Waals surface area contributed by atoms with Gasteiger partial charge < -0.3 is 9.47 Å². The Hall–Kier alpha value is -2.18. The maximum Gasteiger partial charge on any atom is 0.137 e. The summed E-state index contributed by atoms with van der Waals surface area (Å²) in [6.07, 6.45) is 0. The summed E-state index contributed by atoms with van der Waals surface area (Å²) < 4.78 is 11.1. The minimum atomic E-state index is 0.365. The van der Waals surface area contributed by atoms with Gasteiger partial charge in [0.2, 0.25) is 0 Å². The summed E-state index contributed by atoms with van der Waals surface area (Å²) in [6, 6.07) is 14.8. The highest BCUT2D eigenvalue weighted by molar-refractivity contribution is 6.30. The third kappa shape index (κ3) is 3.91. The van der Waals surface area contributed by atoms with E-state index in [0.717, 1.165) is 11.3 Å². The van der Waals surface area contributed by atoms with Crippen LogP contribution >= 0.6 is 11.6 Å². The van der Waals surface area contributed by atoms with Crippen LogP contribution in [0.2, 0.25) is 5.02 Å². The fourth-order valence-electron chi connectivity index (χ4n) is 1.73. The molecular weight excluding hydrogens is 274 g/mol. The summed E-state index contributed by atoms with van der Waals surface area (Å²) in [5.74, 6) is 1.33. The van der Waals surface area contributed by atoms with Gasteiger partial charge in [-0.05, 0) is 42.8 Å². The van der Waals surface area contributed by atoms with E-state index in [2.05, 4.69) is 6.07 Å². The Morgan fingerprint density at radius 3 is 2.65 bits per heavy atom. The van der Waals surface area contributed by atoms with Crippen molar-refractivity contribution in [3.8, 4) is 17.6 Å². The number of halogens is 1. The summed E-state index contributed by atoms with van der Waals surface area (Å²) in [6.45, 7) is 2.79. The van der Waals surface area contributed by atoms with Gasteiger partial charge in [-0.2, -0.15) is 5.26 Å². The van der Waals surface area contributed by atoms with Crippen LogP contribution < -0.4 is 9.47 Å². The number of rotatable bonds is 5. The zero-order chi connectivity index (χ0) is 14.4. The Balaban J connectivity index is 1.86. The van der Waals surface area contributed by atoms with Crippen LogP contribution in [0.5, 0.6) is 11.5 Å². The lowest BCUT2D eigenvalue weighted by Gasteiger charge is -2.10. The molecule has 20 heavy (non-hydrogen) atoms. The molecule has 0 aliphatic heterocycles. The van der Waals surface area contributed by atoms with Gasteiger partial charge in [-0.3, -0.25) is 0 Å². The average molecular weight is 288 g/mol. The summed E-state index contributed by atoms with van der Waals surface area (Å²) in [5, 5.41) is 9.51. The Morgan fingerprint density at radius 1 is 1.10 bits per heavy atom. The van der Waals surface area contributed by atoms with E-state index in [-0.39, 0.29) is 0 Å². The fourth-order valence-corrected chi connectivity index (χ4v) is 1.90. The van der Waals surface area contributed by atoms with E-state index in [1.165, 1.54) is 0 Å². The molecular formula is C16H14ClNO2. The van der Waals surface area contributed by atoms with Crippen LogP contribution in [0.25, 0.3) is 0 Å². The molecule has 2 aromatic rings. The molecule has 0 aliphatic rings. The Kier molecular flexibility index (Phi) is 4.86. The highest BCUT2D eigenvalue weighted by atomic mass is 35.5. The number of benzene rings is 2. The summed E-state index contributed by atoms with van der Waals surface area (Å²) >= 11 is 5.82. The van der Waals surface area contributed by atoms with Gasteiger partial charge in [-0.25, -0.2) is 0 Å². The van der Waals surface area contributed by atoms with Crippen LogP contribution in [0.1, 0.15) is 11.1 Å². The minimum Gasteiger partial charge on any atom is -0.490 e. The second-order valence-corrected chi connectivity index (χ2v) is 4.70. The molecule has 0 amide bonds. The first kappa shape index (κ1) is 14.2. The SMILES string of the molecule is Cc1cccc(OCCOc2ccc(Cl)cc2C#N)c1. The van der Waals surface area contributed by atoms with Gasteiger partial charge in [0.25, 0.3) is 0 Å². The molecule has 4 heteroatoms. The highest BCUT2D eigenvalue weighted by Gasteiger charge is 2.04. The highest BCUT2D eigenvalue weighted by Crippen LogP contribution is 2.22. The lowest BCUT2D eigenvalue weighted by atomic mass is 10.2. The predicted octanol–water partition coefficient (Wildman–Crippen LogP) is 3.98. The van der Waals surface area contributed by atoms with Crippen molar-refractivity contribution >= 4 is 11.6 Å². The number of nitriles is 1. The van der Waals surface area contributed by atoms with Crippen molar-refractivity contribution in [2.45, 2.75) is 6.92 Å². The molecule has 0 aliphatic carbocycles. The Morgan fingerprint density at radius 2 is 1.90 bits per heavy atom. The molecule has 0 saturated carbocycles. The van der Waals surface area contributed by atoms with Gasteiger partial charge in [0, 0.05) is 5.02 Å². The molecule has 0 heterocycles. The molecule has 0 radical (unpaired) electrons. The van der Waals surface area contributed by atoms with Gasteiger partial charge >= 0.3 is 0 Å². The topological polar surface area (TPSA) is 42.2 Å². The van der Waals surface area contributed by atoms with Crippen molar-refractivity contribution in [3.63, 3.8) is 0 Å². The van der Waals surface area contributed by atoms with E-state index in [0.29, 0.717) is 29.5 Å². The standard InChI is InChI=1S/C16H14ClNO2/c1-12-3-2-4-15(9-12)19-7-8-20-16-6-5-14(17)10-13(16)11-18/h2-6,9-10H,7-8H2,1H3. The molecule has 0 aromatic heterocycles. The third-order valence-electron chi connectivity index (χ3n) is 2.66. The number of aryl methyl sites for hydroxylation is 1. The van der Waals surface area contributed by atoms with Crippen molar-refractivity contribution in [1.82, 2.24) is 0 Å². The maximum atomic E-state index is 8.99. The summed E-state index contributed by atoms with van der Waals surface area (Å²) in [4.78, 5) is 0. The lowest BCUT2D eigenvalue weighted by Crippen LogP contribution is -2.09. The molecule has 0 bridgehead atoms. The normalized spacial score (nSPS) is 9.85. The largest absolute Gasteiger partial charge is 0.490 e. The van der Waals surface area contributed by atoms with E-state index in [4.69, 9.17) is 26.3 Å². The van der Waals surface area contributed by atoms with Crippen molar-refractivity contribution in [2.24, 2.45) is 0 Å². The number of ether oxygens (including phenoxy) is 2. The second kappa shape index (κ2) is 6.83. The quantitative estimate of drug-likeness (QED) is 0.781. The molecule has 0 N–H and O–H groups in total. The molecule has 3 nitrogen and oxygen atoms in total. The van der Waals surface area contributed by atoms with Crippen LogP contribution in [0.15, 0.2) is 42.5 Å². The molecule has 0 saturated heterocycles. The fraction of sp³-hybridized carbons (Fsp3) is 0.188. The molecule has 0 spiro atoms. The predicted molar refractivity (Wildman–Crippen MR) is 78.3 cm³/mol. The van der Waals surface area contributed by atoms with Crippen LogP contribution in [-0.2, 0) is 0 Å². The zero-order valence-corrected chi connectivity index (χ0v) is 11.9. The molecule has 0 atom stereocenters. The monoisotopic (exact) mass is 287 g/mol. The first-order valence-electron chi connectivity index (χ1n) is 6.21. The van der Waals surface area contributed by atoms with Crippen LogP contribution in [0.4, 0.5) is 0 Å². The first-order valence-corrected chi connectivity index (χ1v) is 6.59. The molecule has 2 rings (SSSR count). The zero-order valence-electron chi connectivity index (χ0n) is 11.1. The average Bonchev–Trinajstić information content (AvgIpc) is 2.45. The van der Waals surface area contributed by atoms with Crippen molar-refractivity contribution in [3.05, 3.63) is 58.6 Å². The van der Waals surface area contributed by atoms with Gasteiger partial charge in [0.15, 0.2) is 0 Å². The van der Waals surface area contributed by atoms with E-state index < -0.39 is 0 Å². The Bertz CT molecular complexity index is 635. The van der Waals surface area contributed by atoms with Crippen molar-refractivity contribution in [2.75, 3.05) is 13.2 Å². The van der Waals surface area contributed by atoms with Gasteiger partial charge in [0.05, 0.1) is 5.56 Å². The van der Waals surface area contributed by atoms with Gasteiger partial charge in [-0.15, -0.1) is 0 Å². The summed E-state index contributed by atoms with van der Waals surface area (Å²) in [5.41, 5.74) is 1.57. The second-order valence-electron chi connectivity index (χ2n) is 4.27. The maximum absolute atomic E-state index is 8.99. The van der Waals surface area contributed by atoms with E-state index >= 15 is 0 Å². The van der Waals surface area contributed by atoms with Crippen LogP contribution in [0.3, 0.4) is 0 Å². The molecule has 0 fully saturated rings. The Labute approximate surface area is 123 Å². The smallest absolute Gasteiger partial charge is 0.137 e. The molecule has 102 valence electrons. The third-order valence-corrected chi connectivity index (χ3v) is 2.90. The number of nitrogens with zero attached hydrogens (tertiary/aromatic N) is 1. The number of hydrogen-bond donors (Lipinski definition) is 0. The molecule has 2 aromatic carbocycles. The van der Waals surface area contributed by atoms with Crippen molar-refractivity contribution in [1.29, 1.82) is 5.26 Å². The van der Waals surface area contributed by atoms with Gasteiger partial charge in [-0.1, -0.05) is 23.7 Å². The lowest BCUT2D eigenvalue weighted by molar-refractivity contribution is 0.216. The molecule has 0 unspecified atom stereocenters. The van der Waals surface area contributed by atoms with Crippen LogP contribution in [-0.4, -0.2) is 13.2 Å². The van der Waals surface area contributed by atoms with Gasteiger partial charge in [0.1, 0.15) is 30.8 Å². The van der Waals surface area contributed by atoms with Crippen LogP contribution in [0, 0.1) is 18.3 Å².